The zero-order chi connectivity index (χ0) is 14.5. The molecular formula is C15H27NO4. The van der Waals surface area contributed by atoms with Gasteiger partial charge in [0.25, 0.3) is 0 Å². The molecule has 20 heavy (non-hydrogen) atoms. The maximum atomic E-state index is 11.5. The largest absolute Gasteiger partial charge is 0.469 e. The molecule has 0 radical (unpaired) electrons. The van der Waals surface area contributed by atoms with E-state index in [1.807, 2.05) is 0 Å². The normalized spacial score (nSPS) is 35.1. The molecule has 1 aliphatic heterocycles. The molecular weight excluding hydrogens is 258 g/mol. The van der Waals surface area contributed by atoms with Gasteiger partial charge in [-0.05, 0) is 39.2 Å². The van der Waals surface area contributed by atoms with E-state index < -0.39 is 0 Å². The maximum Gasteiger partial charge on any atom is 0.308 e. The van der Waals surface area contributed by atoms with Crippen LogP contribution in [0.1, 0.15) is 32.1 Å². The van der Waals surface area contributed by atoms with Crippen LogP contribution in [0.2, 0.25) is 0 Å². The van der Waals surface area contributed by atoms with Crippen LogP contribution in [-0.2, 0) is 19.0 Å². The molecule has 1 aliphatic carbocycles. The monoisotopic (exact) mass is 285 g/mol. The Kier molecular flexibility index (Phi) is 5.81. The molecule has 0 amide bonds. The minimum absolute atomic E-state index is 0.0655. The summed E-state index contributed by atoms with van der Waals surface area (Å²) in [6.45, 7) is 1.75. The van der Waals surface area contributed by atoms with E-state index in [0.29, 0.717) is 18.2 Å². The molecule has 0 aromatic heterocycles. The molecule has 0 aromatic carbocycles. The summed E-state index contributed by atoms with van der Waals surface area (Å²) in [6, 6.07) is 0.469. The van der Waals surface area contributed by atoms with Crippen molar-refractivity contribution in [2.45, 2.75) is 50.4 Å². The quantitative estimate of drug-likeness (QED) is 0.716. The summed E-state index contributed by atoms with van der Waals surface area (Å²) in [5.74, 6) is 0.0107. The van der Waals surface area contributed by atoms with Crippen LogP contribution in [0, 0.1) is 5.92 Å². The Morgan fingerprint density at radius 3 is 2.45 bits per heavy atom. The average molecular weight is 285 g/mol. The highest BCUT2D eigenvalue weighted by Gasteiger charge is 2.34. The van der Waals surface area contributed by atoms with E-state index in [-0.39, 0.29) is 11.9 Å². The summed E-state index contributed by atoms with van der Waals surface area (Å²) in [5.41, 5.74) is 0. The summed E-state index contributed by atoms with van der Waals surface area (Å²) in [5, 5.41) is 0. The number of hydrogen-bond donors (Lipinski definition) is 0. The van der Waals surface area contributed by atoms with E-state index >= 15 is 0 Å². The lowest BCUT2D eigenvalue weighted by Gasteiger charge is -2.29. The third-order valence-corrected chi connectivity index (χ3v) is 4.60. The Hall–Kier alpha value is -0.650. The molecule has 2 atom stereocenters. The molecule has 0 aromatic rings. The summed E-state index contributed by atoms with van der Waals surface area (Å²) in [4.78, 5) is 13.8. The van der Waals surface area contributed by atoms with Gasteiger partial charge in [0.15, 0.2) is 0 Å². The van der Waals surface area contributed by atoms with Crippen LogP contribution in [0.3, 0.4) is 0 Å². The van der Waals surface area contributed by atoms with Crippen molar-refractivity contribution in [2.24, 2.45) is 5.92 Å². The zero-order valence-corrected chi connectivity index (χ0v) is 12.8. The van der Waals surface area contributed by atoms with Crippen LogP contribution in [0.25, 0.3) is 0 Å². The SMILES string of the molecule is COC[C@@H]1C[C@@H](O[C@H]2CC[C@H](C(=O)OC)CC2)CN1C. The third kappa shape index (κ3) is 3.93. The van der Waals surface area contributed by atoms with Crippen molar-refractivity contribution in [1.82, 2.24) is 4.90 Å². The van der Waals surface area contributed by atoms with Crippen molar-refractivity contribution in [2.75, 3.05) is 34.4 Å². The fourth-order valence-electron chi connectivity index (χ4n) is 3.39. The first kappa shape index (κ1) is 15.7. The lowest BCUT2D eigenvalue weighted by atomic mass is 9.87. The molecule has 116 valence electrons. The zero-order valence-electron chi connectivity index (χ0n) is 12.8. The predicted molar refractivity (Wildman–Crippen MR) is 75.5 cm³/mol. The Morgan fingerprint density at radius 2 is 1.85 bits per heavy atom. The summed E-state index contributed by atoms with van der Waals surface area (Å²) >= 11 is 0. The van der Waals surface area contributed by atoms with Gasteiger partial charge in [-0.1, -0.05) is 0 Å². The van der Waals surface area contributed by atoms with Gasteiger partial charge in [-0.15, -0.1) is 0 Å². The van der Waals surface area contributed by atoms with E-state index in [2.05, 4.69) is 11.9 Å². The standard InChI is InChI=1S/C15H27NO4/c1-16-9-14(8-12(16)10-18-2)20-13-6-4-11(5-7-13)15(17)19-3/h11-14H,4-10H2,1-3H3/t11-,12-,13-,14+/m0/s1. The van der Waals surface area contributed by atoms with Crippen LogP contribution in [0.4, 0.5) is 0 Å². The second-order valence-corrected chi connectivity index (χ2v) is 6.04. The minimum atomic E-state index is -0.0655. The molecule has 1 saturated carbocycles. The molecule has 0 spiro atoms. The van der Waals surface area contributed by atoms with E-state index in [9.17, 15) is 4.79 Å². The van der Waals surface area contributed by atoms with Gasteiger partial charge in [0.1, 0.15) is 0 Å². The molecule has 2 rings (SSSR count). The molecule has 2 aliphatic rings. The van der Waals surface area contributed by atoms with Crippen molar-refractivity contribution < 1.29 is 19.0 Å². The number of hydrogen-bond acceptors (Lipinski definition) is 5. The van der Waals surface area contributed by atoms with E-state index in [4.69, 9.17) is 14.2 Å². The number of likely N-dealkylation sites (N-methyl/N-ethyl adjacent to an activating group) is 1. The molecule has 0 N–H and O–H groups in total. The fourth-order valence-corrected chi connectivity index (χ4v) is 3.39. The van der Waals surface area contributed by atoms with Gasteiger partial charge in [-0.2, -0.15) is 0 Å². The average Bonchev–Trinajstić information content (AvgIpc) is 2.79. The van der Waals surface area contributed by atoms with Crippen molar-refractivity contribution in [3.05, 3.63) is 0 Å². The Balaban J connectivity index is 1.72. The summed E-state index contributed by atoms with van der Waals surface area (Å²) in [6.07, 6.45) is 5.36. The molecule has 5 heteroatoms. The second-order valence-electron chi connectivity index (χ2n) is 6.04. The van der Waals surface area contributed by atoms with Crippen molar-refractivity contribution in [3.63, 3.8) is 0 Å². The highest BCUT2D eigenvalue weighted by molar-refractivity contribution is 5.72. The molecule has 0 unspecified atom stereocenters. The number of carbonyl (C=O) groups is 1. The lowest BCUT2D eigenvalue weighted by Crippen LogP contribution is -2.31. The number of rotatable bonds is 5. The van der Waals surface area contributed by atoms with Gasteiger partial charge in [-0.3, -0.25) is 9.69 Å². The highest BCUT2D eigenvalue weighted by atomic mass is 16.5. The van der Waals surface area contributed by atoms with E-state index in [0.717, 1.165) is 45.3 Å². The first-order valence-corrected chi connectivity index (χ1v) is 7.56. The lowest BCUT2D eigenvalue weighted by molar-refractivity contribution is -0.147. The van der Waals surface area contributed by atoms with E-state index in [1.54, 1.807) is 7.11 Å². The Morgan fingerprint density at radius 1 is 1.15 bits per heavy atom. The van der Waals surface area contributed by atoms with Crippen LogP contribution in [-0.4, -0.2) is 63.5 Å². The predicted octanol–water partition coefficient (Wildman–Crippen LogP) is 1.45. The number of esters is 1. The van der Waals surface area contributed by atoms with Gasteiger partial charge >= 0.3 is 5.97 Å². The number of likely N-dealkylation sites (tertiary alicyclic amines) is 1. The molecule has 1 heterocycles. The van der Waals surface area contributed by atoms with Crippen molar-refractivity contribution in [1.29, 1.82) is 0 Å². The summed E-state index contributed by atoms with van der Waals surface area (Å²) < 4.78 is 16.3. The van der Waals surface area contributed by atoms with Crippen molar-refractivity contribution >= 4 is 5.97 Å². The van der Waals surface area contributed by atoms with Crippen LogP contribution < -0.4 is 0 Å². The molecule has 0 bridgehead atoms. The van der Waals surface area contributed by atoms with Gasteiger partial charge in [-0.25, -0.2) is 0 Å². The van der Waals surface area contributed by atoms with Crippen LogP contribution >= 0.6 is 0 Å². The minimum Gasteiger partial charge on any atom is -0.469 e. The number of ether oxygens (including phenoxy) is 3. The fraction of sp³-hybridized carbons (Fsp3) is 0.933. The number of methoxy groups -OCH3 is 2. The summed E-state index contributed by atoms with van der Waals surface area (Å²) in [7, 11) is 5.34. The van der Waals surface area contributed by atoms with Gasteiger partial charge in [0.2, 0.25) is 0 Å². The van der Waals surface area contributed by atoms with Gasteiger partial charge < -0.3 is 14.2 Å². The number of carbonyl (C=O) groups excluding carboxylic acids is 1. The third-order valence-electron chi connectivity index (χ3n) is 4.60. The molecule has 1 saturated heterocycles. The van der Waals surface area contributed by atoms with Crippen molar-refractivity contribution in [3.8, 4) is 0 Å². The van der Waals surface area contributed by atoms with E-state index in [1.165, 1.54) is 7.11 Å². The van der Waals surface area contributed by atoms with Gasteiger partial charge in [0.05, 0.1) is 31.8 Å². The van der Waals surface area contributed by atoms with Crippen LogP contribution in [0.15, 0.2) is 0 Å². The van der Waals surface area contributed by atoms with Gasteiger partial charge in [0, 0.05) is 19.7 Å². The second kappa shape index (κ2) is 7.38. The molecule has 2 fully saturated rings. The smallest absolute Gasteiger partial charge is 0.308 e. The van der Waals surface area contributed by atoms with Crippen LogP contribution in [0.5, 0.6) is 0 Å². The molecule has 5 nitrogen and oxygen atoms in total. The first-order valence-electron chi connectivity index (χ1n) is 7.56. The number of nitrogens with zero attached hydrogens (tertiary/aromatic N) is 1. The highest BCUT2D eigenvalue weighted by Crippen LogP contribution is 2.30. The maximum absolute atomic E-state index is 11.5. The Labute approximate surface area is 121 Å². The topological polar surface area (TPSA) is 48.0 Å². The first-order chi connectivity index (χ1) is 9.63. The Bertz CT molecular complexity index is 315.